The van der Waals surface area contributed by atoms with E-state index >= 15 is 0 Å². The zero-order valence-electron chi connectivity index (χ0n) is 10.2. The lowest BCUT2D eigenvalue weighted by atomic mass is 10.0. The van der Waals surface area contributed by atoms with Gasteiger partial charge in [-0.3, -0.25) is 10.1 Å². The smallest absolute Gasteiger partial charge is 0.289 e. The number of hydrogen-bond acceptors (Lipinski definition) is 2. The van der Waals surface area contributed by atoms with Gasteiger partial charge in [0, 0.05) is 16.8 Å². The van der Waals surface area contributed by atoms with Crippen LogP contribution in [0.4, 0.5) is 5.69 Å². The van der Waals surface area contributed by atoms with Gasteiger partial charge in [0.2, 0.25) is 0 Å². The molecule has 92 valence electrons. The van der Waals surface area contributed by atoms with E-state index in [-0.39, 0.29) is 5.78 Å². The molecule has 0 bridgehead atoms. The minimum absolute atomic E-state index is 0.0474. The van der Waals surface area contributed by atoms with Crippen LogP contribution in [0.15, 0.2) is 61.2 Å². The second-order valence-corrected chi connectivity index (χ2v) is 3.90. The molecular weight excluding hydrogens is 238 g/mol. The van der Waals surface area contributed by atoms with Crippen LogP contribution in [0.5, 0.6) is 0 Å². The molecule has 0 aliphatic rings. The highest BCUT2D eigenvalue weighted by atomic mass is 16.1. The standard InChI is InChI=1S/C16H11NO2/c1-2-15(18)17-14-10-8-13(9-11-14)16(19)12-6-4-3-5-7-12/h3-11H,1H2/p+1. The third-order valence-electron chi connectivity index (χ3n) is 2.60. The monoisotopic (exact) mass is 250 g/mol. The van der Waals surface area contributed by atoms with Gasteiger partial charge in [-0.15, -0.1) is 0 Å². The summed E-state index contributed by atoms with van der Waals surface area (Å²) in [6.07, 6.45) is 2.21. The fraction of sp³-hybridized carbons (Fsp3) is 0. The van der Waals surface area contributed by atoms with Crippen LogP contribution in [0.2, 0.25) is 0 Å². The van der Waals surface area contributed by atoms with Crippen LogP contribution in [0, 0.1) is 6.08 Å². The molecule has 0 radical (unpaired) electrons. The van der Waals surface area contributed by atoms with E-state index in [0.717, 1.165) is 0 Å². The summed E-state index contributed by atoms with van der Waals surface area (Å²) in [5.74, 6) is -0.448. The minimum Gasteiger partial charge on any atom is -0.289 e. The van der Waals surface area contributed by atoms with E-state index in [1.165, 1.54) is 0 Å². The molecule has 2 aromatic rings. The Balaban J connectivity index is 2.17. The largest absolute Gasteiger partial charge is 0.493 e. The van der Waals surface area contributed by atoms with Gasteiger partial charge in [0.05, 0.1) is 0 Å². The van der Waals surface area contributed by atoms with Crippen molar-refractivity contribution in [3.05, 3.63) is 78.4 Å². The summed E-state index contributed by atoms with van der Waals surface area (Å²) in [7, 11) is 0. The maximum atomic E-state index is 12.1. The van der Waals surface area contributed by atoms with Crippen molar-refractivity contribution >= 4 is 17.4 Å². The normalized spacial score (nSPS) is 9.47. The Morgan fingerprint density at radius 3 is 2.05 bits per heavy atom. The molecule has 0 aromatic heterocycles. The Bertz CT molecular complexity index is 600. The zero-order valence-corrected chi connectivity index (χ0v) is 10.2. The SMILES string of the molecule is C=[C+]C(=O)Nc1ccc(C(=O)c2ccccc2)cc1. The first-order chi connectivity index (χ1) is 9.20. The molecule has 1 N–H and O–H groups in total. The van der Waals surface area contributed by atoms with Crippen molar-refractivity contribution in [2.45, 2.75) is 0 Å². The van der Waals surface area contributed by atoms with Crippen molar-refractivity contribution in [1.82, 2.24) is 0 Å². The van der Waals surface area contributed by atoms with E-state index in [0.29, 0.717) is 16.8 Å². The summed E-state index contributed by atoms with van der Waals surface area (Å²) in [6.45, 7) is 3.25. The molecule has 1 amide bonds. The fourth-order valence-corrected chi connectivity index (χ4v) is 1.64. The number of amides is 1. The Hall–Kier alpha value is -2.77. The van der Waals surface area contributed by atoms with Crippen LogP contribution in [-0.4, -0.2) is 11.7 Å². The predicted molar refractivity (Wildman–Crippen MR) is 73.8 cm³/mol. The Morgan fingerprint density at radius 2 is 1.47 bits per heavy atom. The van der Waals surface area contributed by atoms with Crippen LogP contribution in [-0.2, 0) is 4.79 Å². The molecule has 2 rings (SSSR count). The van der Waals surface area contributed by atoms with Gasteiger partial charge in [-0.2, -0.15) is 0 Å². The van der Waals surface area contributed by atoms with Crippen LogP contribution in [0.1, 0.15) is 15.9 Å². The van der Waals surface area contributed by atoms with Crippen molar-refractivity contribution in [3.63, 3.8) is 0 Å². The lowest BCUT2D eigenvalue weighted by molar-refractivity contribution is -0.112. The van der Waals surface area contributed by atoms with Crippen molar-refractivity contribution in [3.8, 4) is 0 Å². The average Bonchev–Trinajstić information content (AvgIpc) is 2.48. The summed E-state index contributed by atoms with van der Waals surface area (Å²) < 4.78 is 0. The van der Waals surface area contributed by atoms with Gasteiger partial charge >= 0.3 is 12.0 Å². The summed E-state index contributed by atoms with van der Waals surface area (Å²) in [6, 6.07) is 15.7. The zero-order chi connectivity index (χ0) is 13.7. The maximum absolute atomic E-state index is 12.1. The summed E-state index contributed by atoms with van der Waals surface area (Å²) in [5.41, 5.74) is 1.82. The average molecular weight is 250 g/mol. The van der Waals surface area contributed by atoms with Crippen LogP contribution in [0.3, 0.4) is 0 Å². The summed E-state index contributed by atoms with van der Waals surface area (Å²) in [5, 5.41) is 2.57. The molecule has 0 fully saturated rings. The first-order valence-corrected chi connectivity index (χ1v) is 5.74. The maximum Gasteiger partial charge on any atom is 0.493 e. The third kappa shape index (κ3) is 3.12. The molecule has 0 unspecified atom stereocenters. The number of nitrogens with one attached hydrogen (secondary N) is 1. The van der Waals surface area contributed by atoms with Gasteiger partial charge in [-0.1, -0.05) is 30.3 Å². The summed E-state index contributed by atoms with van der Waals surface area (Å²) >= 11 is 0. The number of carbonyl (C=O) groups is 2. The van der Waals surface area contributed by atoms with Crippen molar-refractivity contribution < 1.29 is 9.59 Å². The number of benzene rings is 2. The molecular formula is C16H12NO2+. The molecule has 3 nitrogen and oxygen atoms in total. The molecule has 0 aliphatic carbocycles. The van der Waals surface area contributed by atoms with Crippen LogP contribution >= 0.6 is 0 Å². The van der Waals surface area contributed by atoms with E-state index in [1.807, 2.05) is 18.2 Å². The quantitative estimate of drug-likeness (QED) is 0.515. The van der Waals surface area contributed by atoms with Crippen LogP contribution < -0.4 is 5.32 Å². The van der Waals surface area contributed by atoms with Crippen molar-refractivity contribution in [2.24, 2.45) is 0 Å². The van der Waals surface area contributed by atoms with Gasteiger partial charge in [-0.05, 0) is 24.3 Å². The van der Waals surface area contributed by atoms with Gasteiger partial charge in [0.25, 0.3) is 0 Å². The summed E-state index contributed by atoms with van der Waals surface area (Å²) in [4.78, 5) is 23.2. The second kappa shape index (κ2) is 5.71. The van der Waals surface area contributed by atoms with E-state index in [4.69, 9.17) is 0 Å². The lowest BCUT2D eigenvalue weighted by Gasteiger charge is -2.02. The number of carbonyl (C=O) groups excluding carboxylic acids is 2. The van der Waals surface area contributed by atoms with Crippen molar-refractivity contribution in [2.75, 3.05) is 5.32 Å². The molecule has 0 spiro atoms. The minimum atomic E-state index is -0.401. The first-order valence-electron chi connectivity index (χ1n) is 5.74. The molecule has 3 heteroatoms. The highest BCUT2D eigenvalue weighted by Gasteiger charge is 2.11. The first kappa shape index (κ1) is 12.7. The van der Waals surface area contributed by atoms with E-state index in [2.05, 4.69) is 18.0 Å². The predicted octanol–water partition coefficient (Wildman–Crippen LogP) is 2.85. The van der Waals surface area contributed by atoms with Gasteiger partial charge < -0.3 is 0 Å². The van der Waals surface area contributed by atoms with Gasteiger partial charge in [0.15, 0.2) is 12.4 Å². The number of rotatable bonds is 4. The molecule has 19 heavy (non-hydrogen) atoms. The van der Waals surface area contributed by atoms with Gasteiger partial charge in [-0.25, -0.2) is 4.79 Å². The second-order valence-electron chi connectivity index (χ2n) is 3.90. The van der Waals surface area contributed by atoms with E-state index in [1.54, 1.807) is 36.4 Å². The topological polar surface area (TPSA) is 46.2 Å². The lowest BCUT2D eigenvalue weighted by Crippen LogP contribution is -2.08. The Labute approximate surface area is 111 Å². The molecule has 0 heterocycles. The number of ketones is 1. The number of hydrogen-bond donors (Lipinski definition) is 1. The molecule has 0 atom stereocenters. The highest BCUT2D eigenvalue weighted by Crippen LogP contribution is 2.13. The van der Waals surface area contributed by atoms with E-state index in [9.17, 15) is 9.59 Å². The Kier molecular flexibility index (Phi) is 3.81. The Morgan fingerprint density at radius 1 is 0.895 bits per heavy atom. The van der Waals surface area contributed by atoms with Crippen LogP contribution in [0.25, 0.3) is 0 Å². The highest BCUT2D eigenvalue weighted by molar-refractivity contribution is 6.09. The van der Waals surface area contributed by atoms with E-state index < -0.39 is 5.91 Å². The fourth-order valence-electron chi connectivity index (χ4n) is 1.64. The molecule has 0 saturated carbocycles. The molecule has 0 aliphatic heterocycles. The molecule has 2 aromatic carbocycles. The van der Waals surface area contributed by atoms with Crippen molar-refractivity contribution in [1.29, 1.82) is 0 Å². The third-order valence-corrected chi connectivity index (χ3v) is 2.60. The number of anilines is 1. The van der Waals surface area contributed by atoms with Gasteiger partial charge in [0.1, 0.15) is 0 Å². The molecule has 0 saturated heterocycles.